The van der Waals surface area contributed by atoms with Crippen LogP contribution in [0.5, 0.6) is 5.75 Å². The van der Waals surface area contributed by atoms with E-state index in [0.29, 0.717) is 44.0 Å². The number of hydrazine groups is 1. The van der Waals surface area contributed by atoms with Gasteiger partial charge in [0.25, 0.3) is 0 Å². The number of rotatable bonds is 8. The van der Waals surface area contributed by atoms with E-state index < -0.39 is 23.6 Å². The van der Waals surface area contributed by atoms with Gasteiger partial charge in [-0.2, -0.15) is 0 Å². The van der Waals surface area contributed by atoms with Gasteiger partial charge in [0.1, 0.15) is 6.61 Å². The van der Waals surface area contributed by atoms with Gasteiger partial charge in [-0.15, -0.1) is 0 Å². The molecular formula is C31H40F2N4O3. The highest BCUT2D eigenvalue weighted by Crippen LogP contribution is 2.39. The second-order valence-electron chi connectivity index (χ2n) is 9.77. The minimum atomic E-state index is -1.04. The summed E-state index contributed by atoms with van der Waals surface area (Å²) in [7, 11) is 0. The van der Waals surface area contributed by atoms with Crippen molar-refractivity contribution in [1.82, 2.24) is 4.90 Å². The lowest BCUT2D eigenvalue weighted by molar-refractivity contribution is -0.141. The number of nitrogens with zero attached hydrogens (tertiary/aromatic N) is 2. The third kappa shape index (κ3) is 6.54. The Balaban J connectivity index is 0.00000216. The minimum Gasteiger partial charge on any atom is -0.489 e. The van der Waals surface area contributed by atoms with Crippen LogP contribution >= 0.6 is 0 Å². The summed E-state index contributed by atoms with van der Waals surface area (Å²) >= 11 is 0. The number of halogens is 2. The van der Waals surface area contributed by atoms with Crippen LogP contribution in [0.15, 0.2) is 48.5 Å². The van der Waals surface area contributed by atoms with Crippen molar-refractivity contribution >= 4 is 17.3 Å². The van der Waals surface area contributed by atoms with Crippen molar-refractivity contribution in [2.75, 3.05) is 30.4 Å². The molecule has 1 heterocycles. The number of para-hydroxylation sites is 1. The molecule has 2 unspecified atom stereocenters. The second kappa shape index (κ2) is 13.6. The van der Waals surface area contributed by atoms with E-state index >= 15 is 4.39 Å². The number of carboxylic acid groups (broad SMARTS) is 1. The Morgan fingerprint density at radius 1 is 1.18 bits per heavy atom. The van der Waals surface area contributed by atoms with Gasteiger partial charge in [-0.05, 0) is 48.2 Å². The topological polar surface area (TPSA) is 105 Å². The summed E-state index contributed by atoms with van der Waals surface area (Å²) in [6.07, 6.45) is 0. The van der Waals surface area contributed by atoms with Crippen LogP contribution in [0.1, 0.15) is 61.4 Å². The number of fused-ring (bicyclic) bond motifs is 1. The fourth-order valence-electron chi connectivity index (χ4n) is 5.01. The lowest BCUT2D eigenvalue weighted by Crippen LogP contribution is -2.31. The Bertz CT molecular complexity index is 1330. The quantitative estimate of drug-likeness (QED) is 0.183. The Labute approximate surface area is 235 Å². The molecule has 7 nitrogen and oxygen atoms in total. The van der Waals surface area contributed by atoms with Crippen LogP contribution in [-0.2, 0) is 17.9 Å². The molecule has 1 aliphatic heterocycles. The second-order valence-corrected chi connectivity index (χ2v) is 9.77. The van der Waals surface area contributed by atoms with E-state index in [9.17, 15) is 14.3 Å². The number of ether oxygens (including phenoxy) is 1. The van der Waals surface area contributed by atoms with Crippen molar-refractivity contribution in [3.8, 4) is 5.75 Å². The number of carbonyl (C=O) groups is 1. The molecule has 0 saturated heterocycles. The van der Waals surface area contributed by atoms with Crippen molar-refractivity contribution < 1.29 is 23.4 Å². The highest BCUT2D eigenvalue weighted by atomic mass is 19.1. The Morgan fingerprint density at radius 3 is 2.58 bits per heavy atom. The highest BCUT2D eigenvalue weighted by Gasteiger charge is 2.31. The molecule has 1 aliphatic rings. The third-order valence-corrected chi connectivity index (χ3v) is 7.28. The fourth-order valence-corrected chi connectivity index (χ4v) is 5.01. The zero-order valence-electron chi connectivity index (χ0n) is 23.9. The van der Waals surface area contributed by atoms with Gasteiger partial charge in [0.05, 0.1) is 17.3 Å². The molecule has 0 aliphatic carbocycles. The summed E-state index contributed by atoms with van der Waals surface area (Å²) in [5, 5.41) is 11.3. The van der Waals surface area contributed by atoms with Gasteiger partial charge < -0.3 is 20.6 Å². The molecule has 4 rings (SSSR count). The Morgan fingerprint density at radius 2 is 1.90 bits per heavy atom. The first-order valence-corrected chi connectivity index (χ1v) is 13.7. The SMILES string of the molecule is CC.CCN(N)c1ccc(C(c2ccc(C)c(CN3CCOc4c(F)cccc4C3)c2)C(C)C(=O)O)c(F)c1N. The standard InChI is InChI=1S/C29H34F2N4O3.C2H6/c1-4-35(33)24-11-10-22(26(31)27(24)32)25(18(3)29(36)37)19-9-8-17(2)21(14-19)16-34-12-13-38-28-20(15-34)6-5-7-23(28)30;1-2/h5-11,14,18,25H,4,12-13,15-16,32-33H2,1-3H3,(H,36,37);1-2H3. The van der Waals surface area contributed by atoms with Crippen molar-refractivity contribution in [2.45, 2.75) is 53.6 Å². The zero-order chi connectivity index (χ0) is 29.6. The molecule has 0 bridgehead atoms. The van der Waals surface area contributed by atoms with E-state index in [-0.39, 0.29) is 22.8 Å². The van der Waals surface area contributed by atoms with E-state index in [1.54, 1.807) is 25.1 Å². The summed E-state index contributed by atoms with van der Waals surface area (Å²) in [4.78, 5) is 14.3. The molecule has 0 radical (unpaired) electrons. The fraction of sp³-hybridized carbons (Fsp3) is 0.387. The number of anilines is 2. The predicted octanol–water partition coefficient (Wildman–Crippen LogP) is 5.83. The van der Waals surface area contributed by atoms with Crippen LogP contribution in [0, 0.1) is 24.5 Å². The summed E-state index contributed by atoms with van der Waals surface area (Å²) in [5.74, 6) is 2.43. The van der Waals surface area contributed by atoms with Gasteiger partial charge in [-0.25, -0.2) is 14.6 Å². The van der Waals surface area contributed by atoms with Crippen LogP contribution < -0.4 is 21.3 Å². The zero-order valence-corrected chi connectivity index (χ0v) is 23.9. The number of nitrogens with two attached hydrogens (primary N) is 2. The molecule has 3 aromatic rings. The van der Waals surface area contributed by atoms with Gasteiger partial charge >= 0.3 is 5.97 Å². The molecular weight excluding hydrogens is 514 g/mol. The summed E-state index contributed by atoms with van der Waals surface area (Å²) in [6, 6.07) is 13.8. The molecule has 0 fully saturated rings. The maximum Gasteiger partial charge on any atom is 0.307 e. The molecule has 40 heavy (non-hydrogen) atoms. The molecule has 0 spiro atoms. The number of benzene rings is 3. The van der Waals surface area contributed by atoms with Crippen molar-refractivity contribution in [2.24, 2.45) is 11.8 Å². The van der Waals surface area contributed by atoms with Crippen LogP contribution in [0.25, 0.3) is 0 Å². The molecule has 0 saturated carbocycles. The first-order chi connectivity index (χ1) is 19.1. The monoisotopic (exact) mass is 554 g/mol. The van der Waals surface area contributed by atoms with Gasteiger partial charge in [-0.1, -0.05) is 57.2 Å². The Hall–Kier alpha value is -3.69. The summed E-state index contributed by atoms with van der Waals surface area (Å²) < 4.78 is 35.5. The normalized spacial score (nSPS) is 14.6. The van der Waals surface area contributed by atoms with E-state index in [1.165, 1.54) is 11.1 Å². The average molecular weight is 555 g/mol. The predicted molar refractivity (Wildman–Crippen MR) is 155 cm³/mol. The van der Waals surface area contributed by atoms with Gasteiger partial charge in [0.2, 0.25) is 0 Å². The lowest BCUT2D eigenvalue weighted by atomic mass is 9.80. The first kappa shape index (κ1) is 30.8. The van der Waals surface area contributed by atoms with Gasteiger partial charge in [0, 0.05) is 37.7 Å². The summed E-state index contributed by atoms with van der Waals surface area (Å²) in [5.41, 5.74) is 9.96. The van der Waals surface area contributed by atoms with Gasteiger partial charge in [-0.3, -0.25) is 9.69 Å². The van der Waals surface area contributed by atoms with Crippen LogP contribution in [0.4, 0.5) is 20.2 Å². The van der Waals surface area contributed by atoms with E-state index in [4.69, 9.17) is 16.3 Å². The number of carboxylic acids is 1. The molecule has 0 amide bonds. The molecule has 5 N–H and O–H groups in total. The van der Waals surface area contributed by atoms with Crippen LogP contribution in [0.2, 0.25) is 0 Å². The average Bonchev–Trinajstić information content (AvgIpc) is 3.16. The maximum atomic E-state index is 15.6. The smallest absolute Gasteiger partial charge is 0.307 e. The van der Waals surface area contributed by atoms with Gasteiger partial charge in [0.15, 0.2) is 17.4 Å². The number of aryl methyl sites for hydroxylation is 1. The van der Waals surface area contributed by atoms with E-state index in [2.05, 4.69) is 4.90 Å². The van der Waals surface area contributed by atoms with Crippen molar-refractivity contribution in [1.29, 1.82) is 0 Å². The number of aliphatic carboxylic acids is 1. The molecule has 216 valence electrons. The largest absolute Gasteiger partial charge is 0.489 e. The number of nitrogen functional groups attached to an aromatic ring is 1. The highest BCUT2D eigenvalue weighted by molar-refractivity contribution is 5.74. The van der Waals surface area contributed by atoms with Crippen LogP contribution in [-0.4, -0.2) is 35.7 Å². The summed E-state index contributed by atoms with van der Waals surface area (Å²) in [6.45, 7) is 11.8. The lowest BCUT2D eigenvalue weighted by Gasteiger charge is -2.27. The number of hydrogen-bond acceptors (Lipinski definition) is 6. The molecule has 2 atom stereocenters. The third-order valence-electron chi connectivity index (χ3n) is 7.28. The van der Waals surface area contributed by atoms with E-state index in [1.807, 2.05) is 52.0 Å². The molecule has 9 heteroatoms. The Kier molecular flexibility index (Phi) is 10.5. The number of hydrogen-bond donors (Lipinski definition) is 3. The molecule has 0 aromatic heterocycles. The van der Waals surface area contributed by atoms with Crippen molar-refractivity contribution in [3.63, 3.8) is 0 Å². The van der Waals surface area contributed by atoms with Crippen LogP contribution in [0.3, 0.4) is 0 Å². The van der Waals surface area contributed by atoms with E-state index in [0.717, 1.165) is 16.7 Å². The maximum absolute atomic E-state index is 15.6. The molecule has 3 aromatic carbocycles. The van der Waals surface area contributed by atoms with Crippen molar-refractivity contribution in [3.05, 3.63) is 88.0 Å². The minimum absolute atomic E-state index is 0.114. The first-order valence-electron chi connectivity index (χ1n) is 13.7.